The first-order valence-corrected chi connectivity index (χ1v) is 6.90. The van der Waals surface area contributed by atoms with E-state index in [-0.39, 0.29) is 5.92 Å². The maximum Gasteiger partial charge on any atom is 0.326 e. The van der Waals surface area contributed by atoms with Crippen molar-refractivity contribution in [2.75, 3.05) is 11.9 Å². The number of aliphatic carboxylic acids is 1. The Hall–Kier alpha value is -1.85. The Morgan fingerprint density at radius 3 is 2.70 bits per heavy atom. The molecule has 0 aliphatic heterocycles. The minimum atomic E-state index is -0.903. The number of aryl methyl sites for hydroxylation is 1. The van der Waals surface area contributed by atoms with Gasteiger partial charge in [0.05, 0.1) is 6.61 Å². The third kappa shape index (κ3) is 5.42. The average Bonchev–Trinajstić information content (AvgIpc) is 2.34. The van der Waals surface area contributed by atoms with Crippen LogP contribution in [0.4, 0.5) is 5.95 Å². The number of nitrogens with zero attached hydrogens (tertiary/aromatic N) is 2. The molecule has 0 radical (unpaired) electrons. The highest BCUT2D eigenvalue weighted by Crippen LogP contribution is 2.15. The summed E-state index contributed by atoms with van der Waals surface area (Å²) in [6.45, 7) is 8.36. The Balaban J connectivity index is 2.83. The molecule has 20 heavy (non-hydrogen) atoms. The number of hydrogen-bond acceptors (Lipinski definition) is 5. The lowest BCUT2D eigenvalue weighted by Crippen LogP contribution is -2.31. The zero-order valence-electron chi connectivity index (χ0n) is 12.5. The molecule has 6 nitrogen and oxygen atoms in total. The molecule has 6 heteroatoms. The molecule has 1 heterocycles. The van der Waals surface area contributed by atoms with E-state index >= 15 is 0 Å². The molecule has 1 aromatic heterocycles. The maximum absolute atomic E-state index is 11.2. The molecule has 0 aliphatic rings. The van der Waals surface area contributed by atoms with Crippen LogP contribution >= 0.6 is 0 Å². The molecule has 1 unspecified atom stereocenters. The Bertz CT molecular complexity index is 449. The zero-order valence-corrected chi connectivity index (χ0v) is 12.5. The van der Waals surface area contributed by atoms with E-state index in [1.54, 1.807) is 6.07 Å². The number of anilines is 1. The number of nitrogens with one attached hydrogen (secondary N) is 1. The lowest BCUT2D eigenvalue weighted by atomic mass is 10.0. The number of aromatic nitrogens is 2. The van der Waals surface area contributed by atoms with Gasteiger partial charge in [-0.15, -0.1) is 0 Å². The minimum Gasteiger partial charge on any atom is -0.480 e. The molecule has 0 fully saturated rings. The SMILES string of the molecule is CCCOc1cc(C)nc(NC(CC(C)C)C(=O)O)n1. The maximum atomic E-state index is 11.2. The van der Waals surface area contributed by atoms with Crippen LogP contribution in [0.2, 0.25) is 0 Å². The van der Waals surface area contributed by atoms with Gasteiger partial charge in [0.25, 0.3) is 0 Å². The molecule has 1 rings (SSSR count). The van der Waals surface area contributed by atoms with Crippen LogP contribution < -0.4 is 10.1 Å². The van der Waals surface area contributed by atoms with Crippen molar-refractivity contribution in [3.05, 3.63) is 11.8 Å². The van der Waals surface area contributed by atoms with E-state index < -0.39 is 12.0 Å². The first-order valence-electron chi connectivity index (χ1n) is 6.90. The molecule has 0 bridgehead atoms. The second kappa shape index (κ2) is 7.67. The van der Waals surface area contributed by atoms with Gasteiger partial charge in [0.2, 0.25) is 11.8 Å². The van der Waals surface area contributed by atoms with Crippen molar-refractivity contribution in [2.45, 2.75) is 46.6 Å². The average molecular weight is 281 g/mol. The van der Waals surface area contributed by atoms with Crippen LogP contribution in [0.15, 0.2) is 6.07 Å². The van der Waals surface area contributed by atoms with E-state index in [4.69, 9.17) is 4.74 Å². The van der Waals surface area contributed by atoms with Gasteiger partial charge in [0, 0.05) is 11.8 Å². The van der Waals surface area contributed by atoms with Gasteiger partial charge in [-0.25, -0.2) is 9.78 Å². The summed E-state index contributed by atoms with van der Waals surface area (Å²) in [5.74, 6) is 0.128. The molecule has 2 N–H and O–H groups in total. The van der Waals surface area contributed by atoms with Crippen LogP contribution in [-0.4, -0.2) is 33.7 Å². The molecule has 0 aliphatic carbocycles. The smallest absolute Gasteiger partial charge is 0.326 e. The van der Waals surface area contributed by atoms with Gasteiger partial charge in [-0.3, -0.25) is 0 Å². The van der Waals surface area contributed by atoms with Gasteiger partial charge in [-0.05, 0) is 25.7 Å². The first-order chi connectivity index (χ1) is 9.42. The van der Waals surface area contributed by atoms with Crippen molar-refractivity contribution in [1.29, 1.82) is 0 Å². The number of hydrogen-bond donors (Lipinski definition) is 2. The summed E-state index contributed by atoms with van der Waals surface area (Å²) >= 11 is 0. The molecule has 112 valence electrons. The molecule has 0 amide bonds. The van der Waals surface area contributed by atoms with Crippen molar-refractivity contribution in [1.82, 2.24) is 9.97 Å². The van der Waals surface area contributed by atoms with Crippen molar-refractivity contribution in [3.8, 4) is 5.88 Å². The van der Waals surface area contributed by atoms with Crippen molar-refractivity contribution < 1.29 is 14.6 Å². The molecule has 0 aromatic carbocycles. The molecule has 0 saturated carbocycles. The summed E-state index contributed by atoms with van der Waals surface area (Å²) in [5, 5.41) is 12.1. The second-order valence-corrected chi connectivity index (χ2v) is 5.18. The highest BCUT2D eigenvalue weighted by molar-refractivity contribution is 5.76. The number of ether oxygens (including phenoxy) is 1. The van der Waals surface area contributed by atoms with Gasteiger partial charge < -0.3 is 15.2 Å². The summed E-state index contributed by atoms with van der Waals surface area (Å²) in [6.07, 6.45) is 1.40. The molecule has 0 spiro atoms. The van der Waals surface area contributed by atoms with Crippen LogP contribution in [0.5, 0.6) is 5.88 Å². The topological polar surface area (TPSA) is 84.3 Å². The Morgan fingerprint density at radius 1 is 1.45 bits per heavy atom. The monoisotopic (exact) mass is 281 g/mol. The third-order valence-corrected chi connectivity index (χ3v) is 2.59. The Morgan fingerprint density at radius 2 is 2.15 bits per heavy atom. The summed E-state index contributed by atoms with van der Waals surface area (Å²) in [7, 11) is 0. The van der Waals surface area contributed by atoms with E-state index in [9.17, 15) is 9.90 Å². The van der Waals surface area contributed by atoms with E-state index in [2.05, 4.69) is 15.3 Å². The standard InChI is InChI=1S/C14H23N3O3/c1-5-6-20-12-8-10(4)15-14(17-12)16-11(13(18)19)7-9(2)3/h8-9,11H,5-7H2,1-4H3,(H,18,19)(H,15,16,17). The normalized spacial score (nSPS) is 12.2. The predicted molar refractivity (Wildman–Crippen MR) is 77.1 cm³/mol. The molecule has 1 aromatic rings. The fourth-order valence-corrected chi connectivity index (χ4v) is 1.73. The summed E-state index contributed by atoms with van der Waals surface area (Å²) < 4.78 is 5.46. The summed E-state index contributed by atoms with van der Waals surface area (Å²) in [5.41, 5.74) is 0.738. The summed E-state index contributed by atoms with van der Waals surface area (Å²) in [4.78, 5) is 19.6. The molecular formula is C14H23N3O3. The number of carboxylic acid groups (broad SMARTS) is 1. The quantitative estimate of drug-likeness (QED) is 0.761. The number of rotatable bonds is 8. The van der Waals surface area contributed by atoms with Crippen molar-refractivity contribution >= 4 is 11.9 Å². The third-order valence-electron chi connectivity index (χ3n) is 2.59. The van der Waals surface area contributed by atoms with Gasteiger partial charge >= 0.3 is 5.97 Å². The lowest BCUT2D eigenvalue weighted by molar-refractivity contribution is -0.138. The largest absolute Gasteiger partial charge is 0.480 e. The van der Waals surface area contributed by atoms with Crippen molar-refractivity contribution in [3.63, 3.8) is 0 Å². The van der Waals surface area contributed by atoms with Crippen molar-refractivity contribution in [2.24, 2.45) is 5.92 Å². The highest BCUT2D eigenvalue weighted by atomic mass is 16.5. The molecule has 1 atom stereocenters. The first kappa shape index (κ1) is 16.2. The predicted octanol–water partition coefficient (Wildman–Crippen LogP) is 2.49. The second-order valence-electron chi connectivity index (χ2n) is 5.18. The van der Waals surface area contributed by atoms with Gasteiger partial charge in [-0.2, -0.15) is 4.98 Å². The van der Waals surface area contributed by atoms with E-state index in [1.807, 2.05) is 27.7 Å². The Labute approximate surface area is 119 Å². The number of carboxylic acids is 1. The molecular weight excluding hydrogens is 258 g/mol. The van der Waals surface area contributed by atoms with Crippen LogP contribution in [0.25, 0.3) is 0 Å². The lowest BCUT2D eigenvalue weighted by Gasteiger charge is -2.17. The van der Waals surface area contributed by atoms with E-state index in [0.717, 1.165) is 12.1 Å². The number of carbonyl (C=O) groups is 1. The Kier molecular flexibility index (Phi) is 6.21. The highest BCUT2D eigenvalue weighted by Gasteiger charge is 2.20. The van der Waals surface area contributed by atoms with E-state index in [1.165, 1.54) is 0 Å². The fourth-order valence-electron chi connectivity index (χ4n) is 1.73. The van der Waals surface area contributed by atoms with Crippen LogP contribution in [-0.2, 0) is 4.79 Å². The van der Waals surface area contributed by atoms with Gasteiger partial charge in [0.15, 0.2) is 0 Å². The van der Waals surface area contributed by atoms with Gasteiger partial charge in [-0.1, -0.05) is 20.8 Å². The van der Waals surface area contributed by atoms with Crippen LogP contribution in [0.1, 0.15) is 39.3 Å². The van der Waals surface area contributed by atoms with Crippen LogP contribution in [0.3, 0.4) is 0 Å². The fraction of sp³-hybridized carbons (Fsp3) is 0.643. The van der Waals surface area contributed by atoms with Crippen LogP contribution in [0, 0.1) is 12.8 Å². The van der Waals surface area contributed by atoms with E-state index in [0.29, 0.717) is 24.9 Å². The van der Waals surface area contributed by atoms with Gasteiger partial charge in [0.1, 0.15) is 6.04 Å². The molecule has 0 saturated heterocycles. The zero-order chi connectivity index (χ0) is 15.1. The minimum absolute atomic E-state index is 0.268. The summed E-state index contributed by atoms with van der Waals surface area (Å²) in [6, 6.07) is 1.04.